The molecule has 1 N–H and O–H groups in total. The highest BCUT2D eigenvalue weighted by atomic mass is 16.5. The van der Waals surface area contributed by atoms with Crippen LogP contribution >= 0.6 is 0 Å². The SMILES string of the molecule is Cc1ccc(C)c(CN2CCC3(CCCCCOC[C@@H]4CCCN4C(=O)[C@H](CC(C)C)NC3=O)CC2)c1. The molecule has 0 aromatic heterocycles. The standard InChI is InChI=1S/C31H49N3O3/c1-23(2)19-28-29(35)34-15-8-9-27(34)22-37-18-7-5-6-12-31(30(36)32-28)13-16-33(17-14-31)21-26-20-24(3)10-11-25(26)4/h10-11,20,23,27-28H,5-9,12-19,21-22H2,1-4H3,(H,32,36)/t27-,28-/m0/s1. The van der Waals surface area contributed by atoms with Gasteiger partial charge in [-0.2, -0.15) is 0 Å². The molecule has 3 aliphatic rings. The van der Waals surface area contributed by atoms with Crippen molar-refractivity contribution < 1.29 is 14.3 Å². The number of nitrogens with one attached hydrogen (secondary N) is 1. The van der Waals surface area contributed by atoms with Gasteiger partial charge in [-0.15, -0.1) is 0 Å². The largest absolute Gasteiger partial charge is 0.379 e. The minimum atomic E-state index is -0.444. The summed E-state index contributed by atoms with van der Waals surface area (Å²) in [6, 6.07) is 6.38. The zero-order valence-corrected chi connectivity index (χ0v) is 23.7. The number of hydrogen-bond donors (Lipinski definition) is 1. The van der Waals surface area contributed by atoms with Gasteiger partial charge >= 0.3 is 0 Å². The van der Waals surface area contributed by atoms with Gasteiger partial charge in [-0.3, -0.25) is 14.5 Å². The maximum absolute atomic E-state index is 14.0. The second kappa shape index (κ2) is 12.8. The molecule has 6 heteroatoms. The Bertz CT molecular complexity index is 922. The lowest BCUT2D eigenvalue weighted by atomic mass is 9.73. The molecule has 37 heavy (non-hydrogen) atoms. The molecule has 3 aliphatic heterocycles. The van der Waals surface area contributed by atoms with E-state index in [4.69, 9.17) is 4.74 Å². The molecule has 3 heterocycles. The molecule has 1 spiro atoms. The van der Waals surface area contributed by atoms with Crippen LogP contribution in [-0.2, 0) is 20.9 Å². The number of ether oxygens (including phenoxy) is 1. The molecule has 0 radical (unpaired) electrons. The smallest absolute Gasteiger partial charge is 0.245 e. The third-order valence-electron chi connectivity index (χ3n) is 8.92. The van der Waals surface area contributed by atoms with Gasteiger partial charge in [0, 0.05) is 19.7 Å². The number of piperidine rings is 1. The zero-order valence-electron chi connectivity index (χ0n) is 23.7. The van der Waals surface area contributed by atoms with Crippen molar-refractivity contribution in [2.24, 2.45) is 11.3 Å². The van der Waals surface area contributed by atoms with E-state index in [1.54, 1.807) is 0 Å². The molecule has 4 rings (SSSR count). The molecule has 6 nitrogen and oxygen atoms in total. The van der Waals surface area contributed by atoms with E-state index in [0.717, 1.165) is 84.2 Å². The summed E-state index contributed by atoms with van der Waals surface area (Å²) in [6.07, 6.45) is 8.44. The van der Waals surface area contributed by atoms with Crippen LogP contribution in [0.4, 0.5) is 0 Å². The summed E-state index contributed by atoms with van der Waals surface area (Å²) >= 11 is 0. The third kappa shape index (κ3) is 7.14. The molecule has 206 valence electrons. The van der Waals surface area contributed by atoms with E-state index in [2.05, 4.69) is 56.1 Å². The molecular weight excluding hydrogens is 462 g/mol. The summed E-state index contributed by atoms with van der Waals surface area (Å²) < 4.78 is 6.02. The predicted octanol–water partition coefficient (Wildman–Crippen LogP) is 5.00. The molecule has 3 fully saturated rings. The molecule has 0 unspecified atom stereocenters. The number of hydrogen-bond acceptors (Lipinski definition) is 4. The Kier molecular flexibility index (Phi) is 9.68. The fourth-order valence-corrected chi connectivity index (χ4v) is 6.51. The average molecular weight is 512 g/mol. The number of nitrogens with zero attached hydrogens (tertiary/aromatic N) is 2. The van der Waals surface area contributed by atoms with E-state index in [-0.39, 0.29) is 23.3 Å². The van der Waals surface area contributed by atoms with Gasteiger partial charge < -0.3 is 15.0 Å². The third-order valence-corrected chi connectivity index (χ3v) is 8.92. The minimum absolute atomic E-state index is 0.0905. The van der Waals surface area contributed by atoms with Crippen LogP contribution in [0.1, 0.15) is 88.3 Å². The van der Waals surface area contributed by atoms with Gasteiger partial charge in [-0.05, 0) is 88.9 Å². The molecule has 1 aromatic carbocycles. The fraction of sp³-hybridized carbons (Fsp3) is 0.742. The zero-order chi connectivity index (χ0) is 26.4. The first-order valence-electron chi connectivity index (χ1n) is 14.7. The molecule has 0 aliphatic carbocycles. The number of amides is 2. The monoisotopic (exact) mass is 511 g/mol. The van der Waals surface area contributed by atoms with Crippen LogP contribution in [0.5, 0.6) is 0 Å². The van der Waals surface area contributed by atoms with E-state index < -0.39 is 6.04 Å². The van der Waals surface area contributed by atoms with Crippen molar-refractivity contribution in [1.82, 2.24) is 15.1 Å². The van der Waals surface area contributed by atoms with Crippen LogP contribution < -0.4 is 5.32 Å². The second-order valence-electron chi connectivity index (χ2n) is 12.4. The van der Waals surface area contributed by atoms with Gasteiger partial charge in [0.1, 0.15) is 6.04 Å². The minimum Gasteiger partial charge on any atom is -0.379 e. The lowest BCUT2D eigenvalue weighted by molar-refractivity contribution is -0.143. The molecule has 3 saturated heterocycles. The summed E-state index contributed by atoms with van der Waals surface area (Å²) in [7, 11) is 0. The Morgan fingerprint density at radius 3 is 2.57 bits per heavy atom. The lowest BCUT2D eigenvalue weighted by Crippen LogP contribution is -2.56. The van der Waals surface area contributed by atoms with Gasteiger partial charge in [0.2, 0.25) is 11.8 Å². The highest BCUT2D eigenvalue weighted by molar-refractivity contribution is 5.90. The highest BCUT2D eigenvalue weighted by Crippen LogP contribution is 2.38. The fourth-order valence-electron chi connectivity index (χ4n) is 6.51. The molecule has 2 atom stereocenters. The summed E-state index contributed by atoms with van der Waals surface area (Å²) in [6.45, 7) is 13.5. The number of carbonyl (C=O) groups excluding carboxylic acids is 2. The predicted molar refractivity (Wildman–Crippen MR) is 148 cm³/mol. The van der Waals surface area contributed by atoms with Crippen LogP contribution in [-0.4, -0.2) is 66.5 Å². The summed E-state index contributed by atoms with van der Waals surface area (Å²) in [5.41, 5.74) is 3.63. The molecule has 2 amide bonds. The van der Waals surface area contributed by atoms with Gasteiger partial charge in [0.25, 0.3) is 0 Å². The van der Waals surface area contributed by atoms with Gasteiger partial charge in [-0.25, -0.2) is 0 Å². The topological polar surface area (TPSA) is 61.9 Å². The number of fused-ring (bicyclic) bond motifs is 1. The average Bonchev–Trinajstić information content (AvgIpc) is 3.33. The van der Waals surface area contributed by atoms with Crippen molar-refractivity contribution in [3.8, 4) is 0 Å². The van der Waals surface area contributed by atoms with Gasteiger partial charge in [0.05, 0.1) is 18.1 Å². The van der Waals surface area contributed by atoms with Crippen LogP contribution in [0.2, 0.25) is 0 Å². The lowest BCUT2D eigenvalue weighted by Gasteiger charge is -2.42. The number of benzene rings is 1. The van der Waals surface area contributed by atoms with Crippen LogP contribution in [0.25, 0.3) is 0 Å². The maximum atomic E-state index is 14.0. The summed E-state index contributed by atoms with van der Waals surface area (Å²) in [5, 5.41) is 3.32. The van der Waals surface area contributed by atoms with Crippen LogP contribution in [0.3, 0.4) is 0 Å². The first-order chi connectivity index (χ1) is 17.8. The number of likely N-dealkylation sites (tertiary alicyclic amines) is 1. The van der Waals surface area contributed by atoms with E-state index in [1.165, 1.54) is 16.7 Å². The normalized spacial score (nSPS) is 26.2. The number of aryl methyl sites for hydroxylation is 2. The Balaban J connectivity index is 1.49. The van der Waals surface area contributed by atoms with Crippen molar-refractivity contribution in [3.05, 3.63) is 34.9 Å². The van der Waals surface area contributed by atoms with Crippen LogP contribution in [0.15, 0.2) is 18.2 Å². The Morgan fingerprint density at radius 1 is 1.03 bits per heavy atom. The van der Waals surface area contributed by atoms with Gasteiger partial charge in [-0.1, -0.05) is 50.5 Å². The van der Waals surface area contributed by atoms with Crippen molar-refractivity contribution >= 4 is 11.8 Å². The van der Waals surface area contributed by atoms with E-state index in [9.17, 15) is 9.59 Å². The molecule has 0 bridgehead atoms. The van der Waals surface area contributed by atoms with Gasteiger partial charge in [0.15, 0.2) is 0 Å². The van der Waals surface area contributed by atoms with E-state index in [1.807, 2.05) is 4.90 Å². The first-order valence-corrected chi connectivity index (χ1v) is 14.7. The molecular formula is C31H49N3O3. The van der Waals surface area contributed by atoms with Crippen molar-refractivity contribution in [1.29, 1.82) is 0 Å². The summed E-state index contributed by atoms with van der Waals surface area (Å²) in [5.74, 6) is 0.537. The molecule has 0 saturated carbocycles. The quantitative estimate of drug-likeness (QED) is 0.618. The number of carbonyl (C=O) groups is 2. The van der Waals surface area contributed by atoms with Crippen molar-refractivity contribution in [3.63, 3.8) is 0 Å². The second-order valence-corrected chi connectivity index (χ2v) is 12.4. The van der Waals surface area contributed by atoms with Crippen LogP contribution in [0, 0.1) is 25.2 Å². The Hall–Kier alpha value is -1.92. The Labute approximate surface area is 224 Å². The number of rotatable bonds is 4. The van der Waals surface area contributed by atoms with Crippen molar-refractivity contribution in [2.75, 3.05) is 32.8 Å². The molecule has 1 aromatic rings. The maximum Gasteiger partial charge on any atom is 0.245 e. The highest BCUT2D eigenvalue weighted by Gasteiger charge is 2.43. The first kappa shape index (κ1) is 28.1. The Morgan fingerprint density at radius 2 is 1.81 bits per heavy atom. The van der Waals surface area contributed by atoms with Crippen molar-refractivity contribution in [2.45, 2.75) is 104 Å². The van der Waals surface area contributed by atoms with E-state index in [0.29, 0.717) is 18.9 Å². The summed E-state index contributed by atoms with van der Waals surface area (Å²) in [4.78, 5) is 32.2. The van der Waals surface area contributed by atoms with E-state index >= 15 is 0 Å².